The van der Waals surface area contributed by atoms with Crippen LogP contribution in [0.2, 0.25) is 0 Å². The Kier molecular flexibility index (Phi) is 10.2. The summed E-state index contributed by atoms with van der Waals surface area (Å²) in [6.07, 6.45) is -10.3. The van der Waals surface area contributed by atoms with Crippen molar-refractivity contribution in [1.82, 2.24) is 18.3 Å². The van der Waals surface area contributed by atoms with E-state index in [-0.39, 0.29) is 28.3 Å². The van der Waals surface area contributed by atoms with Gasteiger partial charge in [-0.05, 0) is 108 Å². The van der Waals surface area contributed by atoms with E-state index in [1.165, 1.54) is 0 Å². The van der Waals surface area contributed by atoms with Gasteiger partial charge in [0.05, 0.1) is 78.3 Å². The molecule has 4 aromatic heterocycles. The summed E-state index contributed by atoms with van der Waals surface area (Å²) in [5.41, 5.74) is 7.12. The van der Waals surface area contributed by atoms with Crippen molar-refractivity contribution in [3.05, 3.63) is 253 Å². The van der Waals surface area contributed by atoms with Gasteiger partial charge in [0.1, 0.15) is 0 Å². The smallest absolute Gasteiger partial charge is 0.309 e. The number of hydrogen-bond acceptors (Lipinski definition) is 1. The monoisotopic (exact) mass is 1050 g/mol. The first kappa shape index (κ1) is 46.9. The van der Waals surface area contributed by atoms with Crippen LogP contribution in [0, 0.1) is 11.3 Å². The zero-order chi connectivity index (χ0) is 54.2. The number of alkyl halides is 6. The Bertz CT molecular complexity index is 5070. The first-order valence-corrected chi connectivity index (χ1v) is 26.0. The van der Waals surface area contributed by atoms with Gasteiger partial charge in [-0.2, -0.15) is 31.6 Å². The fraction of sp³-hybridized carbons (Fsp3) is 0.0290. The Morgan fingerprint density at radius 1 is 0.325 bits per heavy atom. The Labute approximate surface area is 451 Å². The molecular formula is C69H39F6N5. The zero-order valence-electron chi connectivity index (χ0n) is 42.0. The van der Waals surface area contributed by atoms with Crippen LogP contribution in [0.3, 0.4) is 0 Å². The van der Waals surface area contributed by atoms with Crippen LogP contribution in [0.1, 0.15) is 16.7 Å². The summed E-state index contributed by atoms with van der Waals surface area (Å²) in [6, 6.07) is 75.2. The number of para-hydroxylation sites is 6. The van der Waals surface area contributed by atoms with E-state index in [1.54, 1.807) is 24.3 Å². The molecule has 382 valence electrons. The maximum Gasteiger partial charge on any atom is 0.416 e. The minimum atomic E-state index is -5.14. The highest BCUT2D eigenvalue weighted by molar-refractivity contribution is 6.28. The number of rotatable bonds is 6. The van der Waals surface area contributed by atoms with Gasteiger partial charge < -0.3 is 18.3 Å². The highest BCUT2D eigenvalue weighted by atomic mass is 19.4. The van der Waals surface area contributed by atoms with Crippen LogP contribution in [-0.4, -0.2) is 18.3 Å². The second-order valence-electron chi connectivity index (χ2n) is 20.1. The molecule has 80 heavy (non-hydrogen) atoms. The number of aromatic nitrogens is 4. The lowest BCUT2D eigenvalue weighted by atomic mass is 9.87. The average Bonchev–Trinajstić information content (AvgIpc) is 4.42. The van der Waals surface area contributed by atoms with Gasteiger partial charge in [0.2, 0.25) is 0 Å². The topological polar surface area (TPSA) is 43.5 Å². The summed E-state index contributed by atoms with van der Waals surface area (Å²) < 4.78 is 98.9. The van der Waals surface area contributed by atoms with E-state index in [1.807, 2.05) is 126 Å². The van der Waals surface area contributed by atoms with Crippen LogP contribution in [-0.2, 0) is 12.4 Å². The summed E-state index contributed by atoms with van der Waals surface area (Å²) in [4.78, 5) is 0. The van der Waals surface area contributed by atoms with Crippen molar-refractivity contribution in [2.24, 2.45) is 0 Å². The third-order valence-electron chi connectivity index (χ3n) is 15.8. The van der Waals surface area contributed by atoms with Crippen molar-refractivity contribution in [3.8, 4) is 51.1 Å². The van der Waals surface area contributed by atoms with Gasteiger partial charge in [-0.3, -0.25) is 0 Å². The highest BCUT2D eigenvalue weighted by Crippen LogP contribution is 2.50. The van der Waals surface area contributed by atoms with E-state index in [4.69, 9.17) is 0 Å². The lowest BCUT2D eigenvalue weighted by molar-refractivity contribution is -0.143. The standard InChI is InChI=1S/C69H39F6N5/c70-68(71,72)43-37-42(38-44(39-43)69(73,74)75)47-26-16-32-59(80-57-30-14-10-25-53(57)65-61(80)36-34-51-49-23-8-12-28-55(49)78(67(51)65)46-20-5-2-6-21-46)63(47)62-41(40-76)17-15-31-58(62)79-56-29-13-9-24-52(56)64-60(79)35-33-50-48-22-7-11-27-54(48)77(66(50)64)45-18-3-1-4-19-45/h1-39H. The van der Waals surface area contributed by atoms with E-state index in [0.29, 0.717) is 16.9 Å². The molecule has 0 atom stereocenters. The van der Waals surface area contributed by atoms with Crippen LogP contribution < -0.4 is 0 Å². The van der Waals surface area contributed by atoms with Gasteiger partial charge in [-0.15, -0.1) is 0 Å². The highest BCUT2D eigenvalue weighted by Gasteiger charge is 2.38. The molecule has 0 saturated heterocycles. The van der Waals surface area contributed by atoms with Crippen LogP contribution >= 0.6 is 0 Å². The molecule has 0 saturated carbocycles. The van der Waals surface area contributed by atoms with E-state index in [9.17, 15) is 5.26 Å². The SMILES string of the molecule is N#Cc1cccc(-n2c3ccccc3c3c2ccc2c4ccccc4n(-c4ccccc4)c23)c1-c1c(-c2cc(C(F)(F)F)cc(C(F)(F)F)c2)cccc1-n1c2ccccc2c2c1ccc1c3ccccc3n(-c3ccccc3)c12. The van der Waals surface area contributed by atoms with Gasteiger partial charge in [-0.25, -0.2) is 0 Å². The second kappa shape index (κ2) is 17.3. The molecule has 0 aliphatic carbocycles. The molecule has 15 rings (SSSR count). The molecule has 0 N–H and O–H groups in total. The number of nitrogens with zero attached hydrogens (tertiary/aromatic N) is 5. The van der Waals surface area contributed by atoms with Gasteiger partial charge in [0.25, 0.3) is 0 Å². The van der Waals surface area contributed by atoms with Crippen LogP contribution in [0.5, 0.6) is 0 Å². The molecule has 0 spiro atoms. The summed E-state index contributed by atoms with van der Waals surface area (Å²) in [5, 5.41) is 19.1. The van der Waals surface area contributed by atoms with Gasteiger partial charge in [-0.1, -0.05) is 140 Å². The van der Waals surface area contributed by atoms with E-state index in [0.717, 1.165) is 111 Å². The van der Waals surface area contributed by atoms with Crippen LogP contribution in [0.25, 0.3) is 132 Å². The van der Waals surface area contributed by atoms with Gasteiger partial charge >= 0.3 is 12.4 Å². The molecule has 0 fully saturated rings. The molecule has 0 aliphatic rings. The number of benzene rings is 11. The fourth-order valence-electron chi connectivity index (χ4n) is 12.6. The van der Waals surface area contributed by atoms with Crippen molar-refractivity contribution < 1.29 is 26.3 Å². The predicted octanol–water partition coefficient (Wildman–Crippen LogP) is 19.3. The van der Waals surface area contributed by atoms with Gasteiger partial charge in [0, 0.05) is 65.6 Å². The van der Waals surface area contributed by atoms with E-state index >= 15 is 26.3 Å². The summed E-state index contributed by atoms with van der Waals surface area (Å²) in [7, 11) is 0. The Morgan fingerprint density at radius 3 is 1.18 bits per heavy atom. The number of nitriles is 1. The quantitative estimate of drug-likeness (QED) is 0.153. The van der Waals surface area contributed by atoms with Crippen LogP contribution in [0.4, 0.5) is 26.3 Å². The maximum absolute atomic E-state index is 15.0. The first-order valence-electron chi connectivity index (χ1n) is 26.0. The lowest BCUT2D eigenvalue weighted by Crippen LogP contribution is -2.11. The summed E-state index contributed by atoms with van der Waals surface area (Å²) >= 11 is 0. The third-order valence-corrected chi connectivity index (χ3v) is 15.8. The molecule has 0 amide bonds. The van der Waals surface area contributed by atoms with Crippen molar-refractivity contribution in [2.75, 3.05) is 0 Å². The minimum Gasteiger partial charge on any atom is -0.309 e. The summed E-state index contributed by atoms with van der Waals surface area (Å²) in [5.74, 6) is 0. The molecule has 15 aromatic rings. The normalized spacial score (nSPS) is 12.4. The molecule has 11 heteroatoms. The van der Waals surface area contributed by atoms with E-state index < -0.39 is 23.5 Å². The molecule has 0 bridgehead atoms. The molecule has 0 radical (unpaired) electrons. The Morgan fingerprint density at radius 2 is 0.725 bits per heavy atom. The molecule has 11 aromatic carbocycles. The number of hydrogen-bond donors (Lipinski definition) is 0. The molecule has 5 nitrogen and oxygen atoms in total. The largest absolute Gasteiger partial charge is 0.416 e. The molecule has 4 heterocycles. The third kappa shape index (κ3) is 6.85. The number of halogens is 6. The first-order chi connectivity index (χ1) is 39.0. The van der Waals surface area contributed by atoms with Crippen molar-refractivity contribution >= 4 is 87.2 Å². The molecule has 0 unspecified atom stereocenters. The lowest BCUT2D eigenvalue weighted by Gasteiger charge is -2.23. The molecular weight excluding hydrogens is 1010 g/mol. The zero-order valence-corrected chi connectivity index (χ0v) is 42.0. The molecule has 0 aliphatic heterocycles. The van der Waals surface area contributed by atoms with Crippen molar-refractivity contribution in [1.29, 1.82) is 5.26 Å². The minimum absolute atomic E-state index is 0.0563. The maximum atomic E-state index is 15.0. The predicted molar refractivity (Wildman–Crippen MR) is 309 cm³/mol. The van der Waals surface area contributed by atoms with Crippen LogP contribution in [0.15, 0.2) is 237 Å². The van der Waals surface area contributed by atoms with Crippen molar-refractivity contribution in [3.63, 3.8) is 0 Å². The van der Waals surface area contributed by atoms with Gasteiger partial charge in [0.15, 0.2) is 0 Å². The average molecular weight is 1050 g/mol. The van der Waals surface area contributed by atoms with Crippen molar-refractivity contribution in [2.45, 2.75) is 12.4 Å². The fourth-order valence-corrected chi connectivity index (χ4v) is 12.6. The Hall–Kier alpha value is -10.3. The number of fused-ring (bicyclic) bond motifs is 14. The Balaban J connectivity index is 1.12. The summed E-state index contributed by atoms with van der Waals surface area (Å²) in [6.45, 7) is 0. The second-order valence-corrected chi connectivity index (χ2v) is 20.1. The van der Waals surface area contributed by atoms with E-state index in [2.05, 4.69) is 92.6 Å².